The van der Waals surface area contributed by atoms with Crippen molar-refractivity contribution in [2.75, 3.05) is 13.2 Å². The van der Waals surface area contributed by atoms with Crippen LogP contribution in [-0.4, -0.2) is 37.6 Å². The molecule has 0 N–H and O–H groups in total. The summed E-state index contributed by atoms with van der Waals surface area (Å²) in [5.74, 6) is -2.21. The highest BCUT2D eigenvalue weighted by atomic mass is 19.1. The fourth-order valence-electron chi connectivity index (χ4n) is 3.61. The Morgan fingerprint density at radius 3 is 1.82 bits per heavy atom. The topological polar surface area (TPSA) is 114 Å². The van der Waals surface area contributed by atoms with Gasteiger partial charge in [-0.25, -0.2) is 18.8 Å². The summed E-state index contributed by atoms with van der Waals surface area (Å²) in [5, 5.41) is 1.39. The van der Waals surface area contributed by atoms with Gasteiger partial charge in [-0.15, -0.1) is 6.58 Å². The highest BCUT2D eigenvalue weighted by molar-refractivity contribution is 5.94. The first-order chi connectivity index (χ1) is 21.6. The molecule has 0 aliphatic rings. The summed E-state index contributed by atoms with van der Waals surface area (Å²) in [5.41, 5.74) is 1.15. The van der Waals surface area contributed by atoms with E-state index in [9.17, 15) is 23.6 Å². The van der Waals surface area contributed by atoms with Gasteiger partial charge in [-0.05, 0) is 85.3 Å². The second-order valence-electron chi connectivity index (χ2n) is 9.62. The van der Waals surface area contributed by atoms with E-state index in [0.717, 1.165) is 18.2 Å². The van der Waals surface area contributed by atoms with Crippen molar-refractivity contribution in [3.05, 3.63) is 121 Å². The maximum Gasteiger partial charge on any atom is 0.346 e. The predicted octanol–water partition coefficient (Wildman–Crippen LogP) is 7.03. The van der Waals surface area contributed by atoms with Gasteiger partial charge in [-0.2, -0.15) is 0 Å². The van der Waals surface area contributed by atoms with Gasteiger partial charge in [-0.1, -0.05) is 24.3 Å². The lowest BCUT2D eigenvalue weighted by Gasteiger charge is -2.09. The van der Waals surface area contributed by atoms with E-state index < -0.39 is 23.7 Å². The Kier molecular flexibility index (Phi) is 12.6. The number of allylic oxidation sites excluding steroid dienone is 1. The predicted molar refractivity (Wildman–Crippen MR) is 165 cm³/mol. The molecule has 0 aromatic heterocycles. The summed E-state index contributed by atoms with van der Waals surface area (Å²) in [6.45, 7) is 11.8. The Labute approximate surface area is 259 Å². The van der Waals surface area contributed by atoms with Gasteiger partial charge < -0.3 is 23.7 Å². The molecule has 232 valence electrons. The van der Waals surface area contributed by atoms with Gasteiger partial charge in [0.15, 0.2) is 0 Å². The first-order valence-electron chi connectivity index (χ1n) is 13.6. The molecule has 4 aromatic rings. The molecule has 45 heavy (non-hydrogen) atoms. The molecule has 0 saturated carbocycles. The van der Waals surface area contributed by atoms with Crippen LogP contribution < -0.4 is 18.9 Å². The third kappa shape index (κ3) is 10.8. The summed E-state index contributed by atoms with van der Waals surface area (Å²) < 4.78 is 40.2. The summed E-state index contributed by atoms with van der Waals surface area (Å²) in [7, 11) is 0. The van der Waals surface area contributed by atoms with E-state index in [-0.39, 0.29) is 23.7 Å². The van der Waals surface area contributed by atoms with Crippen molar-refractivity contribution in [1.82, 2.24) is 0 Å². The number of halogens is 1. The van der Waals surface area contributed by atoms with Gasteiger partial charge in [-0.3, -0.25) is 4.79 Å². The molecular formula is C35H31FO9. The second-order valence-corrected chi connectivity index (χ2v) is 9.62. The second kappa shape index (κ2) is 16.8. The molecule has 0 fully saturated rings. The number of fused-ring (bicyclic) bond motifs is 1. The van der Waals surface area contributed by atoms with E-state index in [4.69, 9.17) is 18.9 Å². The Morgan fingerprint density at radius 2 is 1.27 bits per heavy atom. The highest BCUT2D eigenvalue weighted by Gasteiger charge is 2.16. The average molecular weight is 615 g/mol. The van der Waals surface area contributed by atoms with Crippen molar-refractivity contribution in [3.8, 4) is 23.0 Å². The molecule has 0 aliphatic heterocycles. The summed E-state index contributed by atoms with van der Waals surface area (Å²) in [6.07, 6.45) is 1.47. The smallest absolute Gasteiger partial charge is 0.346 e. The van der Waals surface area contributed by atoms with Crippen molar-refractivity contribution in [3.63, 3.8) is 0 Å². The van der Waals surface area contributed by atoms with E-state index in [1.165, 1.54) is 17.7 Å². The van der Waals surface area contributed by atoms with E-state index >= 15 is 0 Å². The van der Waals surface area contributed by atoms with Crippen LogP contribution in [0.15, 0.2) is 104 Å². The normalized spacial score (nSPS) is 10.0. The van der Waals surface area contributed by atoms with Crippen LogP contribution in [-0.2, 0) is 14.3 Å². The van der Waals surface area contributed by atoms with E-state index in [1.54, 1.807) is 54.6 Å². The van der Waals surface area contributed by atoms with Crippen molar-refractivity contribution >= 4 is 35.2 Å². The Balaban J connectivity index is 0.00000130. The number of carbonyl (C=O) groups excluding carboxylic acids is 4. The van der Waals surface area contributed by atoms with Crippen LogP contribution in [0.3, 0.4) is 0 Å². The van der Waals surface area contributed by atoms with Gasteiger partial charge in [0.1, 0.15) is 28.8 Å². The van der Waals surface area contributed by atoms with Gasteiger partial charge in [0.25, 0.3) is 6.47 Å². The molecule has 0 spiro atoms. The Bertz CT molecular complexity index is 1690. The lowest BCUT2D eigenvalue weighted by Crippen LogP contribution is -2.11. The molecule has 4 aromatic carbocycles. The van der Waals surface area contributed by atoms with Crippen molar-refractivity contribution in [2.24, 2.45) is 0 Å². The lowest BCUT2D eigenvalue weighted by atomic mass is 10.1. The first-order valence-corrected chi connectivity index (χ1v) is 13.6. The van der Waals surface area contributed by atoms with Gasteiger partial charge in [0.05, 0.1) is 24.3 Å². The number of hydrogen-bond donors (Lipinski definition) is 0. The first kappa shape index (κ1) is 33.7. The number of ether oxygens (including phenoxy) is 5. The van der Waals surface area contributed by atoms with Gasteiger partial charge >= 0.3 is 17.9 Å². The standard InChI is InChI=1S/C31H23FO9.C4H8/c1-2-29(34)39-26-12-13-27(28(32)18-26)31(36)41-25-11-7-21-16-24(10-6-22(21)17-25)40-30(35)20-4-8-23(9-5-20)38-15-3-14-37-19-33;1-4(2)3/h2,4-13,16-19H,1,3,14-15H2;1H2,2-3H3. The van der Waals surface area contributed by atoms with Crippen molar-refractivity contribution < 1.29 is 47.3 Å². The maximum absolute atomic E-state index is 14.4. The molecule has 4 rings (SSSR count). The summed E-state index contributed by atoms with van der Waals surface area (Å²) in [4.78, 5) is 46.5. The van der Waals surface area contributed by atoms with Crippen LogP contribution in [0.4, 0.5) is 4.39 Å². The van der Waals surface area contributed by atoms with E-state index in [2.05, 4.69) is 17.9 Å². The molecule has 9 nitrogen and oxygen atoms in total. The molecule has 0 atom stereocenters. The molecule has 0 amide bonds. The molecular weight excluding hydrogens is 583 g/mol. The number of carbonyl (C=O) groups is 4. The zero-order chi connectivity index (χ0) is 32.8. The third-order valence-corrected chi connectivity index (χ3v) is 5.58. The highest BCUT2D eigenvalue weighted by Crippen LogP contribution is 2.27. The van der Waals surface area contributed by atoms with Crippen molar-refractivity contribution in [2.45, 2.75) is 20.3 Å². The largest absolute Gasteiger partial charge is 0.493 e. The van der Waals surface area contributed by atoms with Gasteiger partial charge in [0, 0.05) is 18.6 Å². The molecule has 0 unspecified atom stereocenters. The molecule has 10 heteroatoms. The van der Waals surface area contributed by atoms with Crippen LogP contribution in [0, 0.1) is 5.82 Å². The van der Waals surface area contributed by atoms with E-state index in [0.29, 0.717) is 47.3 Å². The van der Waals surface area contributed by atoms with Crippen LogP contribution >= 0.6 is 0 Å². The zero-order valence-corrected chi connectivity index (χ0v) is 24.7. The maximum atomic E-state index is 14.4. The van der Waals surface area contributed by atoms with Gasteiger partial charge in [0.2, 0.25) is 0 Å². The molecule has 0 bridgehead atoms. The molecule has 0 saturated heterocycles. The number of hydrogen-bond acceptors (Lipinski definition) is 9. The Morgan fingerprint density at radius 1 is 0.733 bits per heavy atom. The minimum atomic E-state index is -0.933. The third-order valence-electron chi connectivity index (χ3n) is 5.58. The van der Waals surface area contributed by atoms with E-state index in [1.807, 2.05) is 13.8 Å². The quantitative estimate of drug-likeness (QED) is 0.0414. The van der Waals surface area contributed by atoms with Crippen LogP contribution in [0.1, 0.15) is 41.0 Å². The van der Waals surface area contributed by atoms with Crippen LogP contribution in [0.5, 0.6) is 23.0 Å². The number of benzene rings is 4. The fourth-order valence-corrected chi connectivity index (χ4v) is 3.61. The fraction of sp³-hybridized carbons (Fsp3) is 0.143. The lowest BCUT2D eigenvalue weighted by molar-refractivity contribution is -0.129. The Hall–Kier alpha value is -5.77. The summed E-state index contributed by atoms with van der Waals surface area (Å²) in [6, 6.07) is 19.4. The van der Waals surface area contributed by atoms with Crippen molar-refractivity contribution in [1.29, 1.82) is 0 Å². The SMILES string of the molecule is C=C(C)C.C=CC(=O)Oc1ccc(C(=O)Oc2ccc3cc(OC(=O)c4ccc(OCCCOC=O)cc4)ccc3c2)c(F)c1. The number of rotatable bonds is 12. The zero-order valence-electron chi connectivity index (χ0n) is 24.7. The minimum Gasteiger partial charge on any atom is -0.493 e. The monoisotopic (exact) mass is 614 g/mol. The number of esters is 3. The molecule has 0 aliphatic carbocycles. The molecule has 0 heterocycles. The van der Waals surface area contributed by atoms with Crippen LogP contribution in [0.2, 0.25) is 0 Å². The van der Waals surface area contributed by atoms with Crippen LogP contribution in [0.25, 0.3) is 10.8 Å². The minimum absolute atomic E-state index is 0.0771. The summed E-state index contributed by atoms with van der Waals surface area (Å²) >= 11 is 0. The molecule has 0 radical (unpaired) electrons. The average Bonchev–Trinajstić information content (AvgIpc) is 3.01.